The molecule has 0 saturated heterocycles. The summed E-state index contributed by atoms with van der Waals surface area (Å²) >= 11 is 0. The van der Waals surface area contributed by atoms with Crippen LogP contribution in [-0.4, -0.2) is 28.5 Å². The molecule has 0 aliphatic heterocycles. The summed E-state index contributed by atoms with van der Waals surface area (Å²) in [5, 5.41) is 20.9. The molecule has 25 heavy (non-hydrogen) atoms. The fourth-order valence-electron chi connectivity index (χ4n) is 2.19. The minimum Gasteiger partial charge on any atom is -0.386 e. The molecule has 0 rings (SSSR count). The molecule has 0 amide bonds. The fraction of sp³-hybridized carbons (Fsp3) is 0.550. The van der Waals surface area contributed by atoms with Crippen LogP contribution in [0.5, 0.6) is 0 Å². The van der Waals surface area contributed by atoms with Crippen molar-refractivity contribution in [2.24, 2.45) is 0 Å². The lowest BCUT2D eigenvalue weighted by Crippen LogP contribution is -2.33. The highest BCUT2D eigenvalue weighted by atomic mass is 16.6. The third-order valence-corrected chi connectivity index (χ3v) is 3.59. The maximum Gasteiger partial charge on any atom is 0.238 e. The van der Waals surface area contributed by atoms with Crippen LogP contribution in [0.1, 0.15) is 58.3 Å². The molecular formula is C20H30NO4. The second-order valence-electron chi connectivity index (χ2n) is 5.69. The second kappa shape index (κ2) is 16.8. The third-order valence-electron chi connectivity index (χ3n) is 3.59. The van der Waals surface area contributed by atoms with Gasteiger partial charge in [0.15, 0.2) is 6.29 Å². The molecule has 1 radical (unpaired) electrons. The predicted octanol–water partition coefficient (Wildman–Crippen LogP) is 4.47. The van der Waals surface area contributed by atoms with Gasteiger partial charge in [-0.15, -0.1) is 0 Å². The maximum atomic E-state index is 11.0. The highest BCUT2D eigenvalue weighted by molar-refractivity contribution is 5.50. The van der Waals surface area contributed by atoms with Gasteiger partial charge in [-0.2, -0.15) is 0 Å². The zero-order chi connectivity index (χ0) is 18.8. The molecule has 0 aromatic heterocycles. The van der Waals surface area contributed by atoms with Gasteiger partial charge in [0, 0.05) is 17.8 Å². The minimum atomic E-state index is -1.03. The number of unbranched alkanes of at least 4 members (excludes halogenated alkanes) is 1. The molecule has 2 atom stereocenters. The summed E-state index contributed by atoms with van der Waals surface area (Å²) in [5.74, 6) is 0. The highest BCUT2D eigenvalue weighted by Crippen LogP contribution is 2.11. The summed E-state index contributed by atoms with van der Waals surface area (Å²) in [6, 6.07) is -1.03. The summed E-state index contributed by atoms with van der Waals surface area (Å²) in [4.78, 5) is 20.6. The molecule has 2 unspecified atom stereocenters. The van der Waals surface area contributed by atoms with Crippen LogP contribution in [-0.2, 0) is 4.79 Å². The van der Waals surface area contributed by atoms with E-state index in [0.29, 0.717) is 6.42 Å². The van der Waals surface area contributed by atoms with Crippen molar-refractivity contribution in [2.45, 2.75) is 70.4 Å². The number of carbonyl (C=O) groups excluding carboxylic acids is 1. The first-order valence-corrected chi connectivity index (χ1v) is 8.90. The molecular weight excluding hydrogens is 318 g/mol. The van der Waals surface area contributed by atoms with Crippen LogP contribution in [0.2, 0.25) is 0 Å². The van der Waals surface area contributed by atoms with Crippen LogP contribution in [0.25, 0.3) is 0 Å². The zero-order valence-electron chi connectivity index (χ0n) is 15.0. The fourth-order valence-corrected chi connectivity index (χ4v) is 2.19. The number of nitrogens with zero attached hydrogens (tertiary/aromatic N) is 1. The summed E-state index contributed by atoms with van der Waals surface area (Å²) in [7, 11) is 0. The van der Waals surface area contributed by atoms with Gasteiger partial charge in [-0.05, 0) is 38.5 Å². The minimum absolute atomic E-state index is 0.168. The van der Waals surface area contributed by atoms with Crippen LogP contribution >= 0.6 is 0 Å². The first-order chi connectivity index (χ1) is 12.1. The van der Waals surface area contributed by atoms with E-state index in [9.17, 15) is 20.0 Å². The lowest BCUT2D eigenvalue weighted by atomic mass is 10.0. The van der Waals surface area contributed by atoms with Gasteiger partial charge >= 0.3 is 0 Å². The predicted molar refractivity (Wildman–Crippen MR) is 102 cm³/mol. The van der Waals surface area contributed by atoms with Crippen molar-refractivity contribution in [3.8, 4) is 0 Å². The van der Waals surface area contributed by atoms with E-state index >= 15 is 0 Å². The number of hydrogen-bond donors (Lipinski definition) is 1. The molecule has 0 spiro atoms. The Morgan fingerprint density at radius 3 is 2.00 bits per heavy atom. The van der Waals surface area contributed by atoms with E-state index in [-0.39, 0.29) is 19.3 Å². The average Bonchev–Trinajstić information content (AvgIpc) is 2.59. The quantitative estimate of drug-likeness (QED) is 0.205. The molecule has 0 aromatic carbocycles. The Bertz CT molecular complexity index is 466. The number of rotatable bonds is 15. The first-order valence-electron chi connectivity index (χ1n) is 8.90. The van der Waals surface area contributed by atoms with E-state index in [1.165, 1.54) is 0 Å². The average molecular weight is 348 g/mol. The molecule has 0 aliphatic carbocycles. The number of allylic oxidation sites excluding steroid dienone is 7. The number of aliphatic hydroxyl groups excluding tert-OH is 1. The van der Waals surface area contributed by atoms with E-state index in [0.717, 1.165) is 25.7 Å². The van der Waals surface area contributed by atoms with Gasteiger partial charge in [-0.25, -0.2) is 0 Å². The maximum absolute atomic E-state index is 11.0. The Kier molecular flexibility index (Phi) is 15.5. The van der Waals surface area contributed by atoms with Gasteiger partial charge in [0.2, 0.25) is 6.04 Å². The Morgan fingerprint density at radius 1 is 1.00 bits per heavy atom. The highest BCUT2D eigenvalue weighted by Gasteiger charge is 2.28. The van der Waals surface area contributed by atoms with Crippen molar-refractivity contribution in [1.29, 1.82) is 0 Å². The van der Waals surface area contributed by atoms with Crippen molar-refractivity contribution in [3.63, 3.8) is 0 Å². The molecule has 5 nitrogen and oxygen atoms in total. The normalized spacial score (nSPS) is 14.8. The SMILES string of the molecule is CC/C=C\C/C=C\C/C=C\C/C=C\CC(O)C(CCC[C]=O)[N+](=O)[O-]. The first kappa shape index (κ1) is 23.0. The van der Waals surface area contributed by atoms with Gasteiger partial charge in [0.25, 0.3) is 0 Å². The monoisotopic (exact) mass is 348 g/mol. The lowest BCUT2D eigenvalue weighted by Gasteiger charge is -2.13. The number of nitro groups is 1. The Morgan fingerprint density at radius 2 is 1.52 bits per heavy atom. The summed E-state index contributed by atoms with van der Waals surface area (Å²) in [6.45, 7) is 2.11. The molecule has 0 bridgehead atoms. The molecule has 0 aliphatic rings. The van der Waals surface area contributed by atoms with E-state index < -0.39 is 17.1 Å². The summed E-state index contributed by atoms with van der Waals surface area (Å²) in [6.07, 6.45) is 21.6. The largest absolute Gasteiger partial charge is 0.386 e. The van der Waals surface area contributed by atoms with Crippen molar-refractivity contribution in [3.05, 3.63) is 58.7 Å². The molecule has 139 valence electrons. The standard InChI is InChI=1S/C20H30NO4/c1-2-3-4-5-6-7-8-9-10-11-12-13-17-20(23)19(21(24)25)16-14-15-18-22/h3-4,6-7,9-10,12-13,19-20,23H,2,5,8,11,14-17H2,1H3/b4-3-,7-6-,10-9-,13-12-. The van der Waals surface area contributed by atoms with Crippen LogP contribution in [0.4, 0.5) is 0 Å². The smallest absolute Gasteiger partial charge is 0.238 e. The molecule has 0 saturated carbocycles. The van der Waals surface area contributed by atoms with E-state index in [1.807, 2.05) is 12.2 Å². The Hall–Kier alpha value is -2.01. The molecule has 0 heterocycles. The van der Waals surface area contributed by atoms with E-state index in [1.54, 1.807) is 12.4 Å². The van der Waals surface area contributed by atoms with Gasteiger partial charge in [0.1, 0.15) is 6.10 Å². The van der Waals surface area contributed by atoms with E-state index in [2.05, 4.69) is 37.3 Å². The molecule has 5 heteroatoms. The van der Waals surface area contributed by atoms with Crippen molar-refractivity contribution < 1.29 is 14.8 Å². The number of aliphatic hydroxyl groups is 1. The van der Waals surface area contributed by atoms with Crippen molar-refractivity contribution in [1.82, 2.24) is 0 Å². The Labute approximate surface area is 151 Å². The van der Waals surface area contributed by atoms with Crippen LogP contribution in [0, 0.1) is 10.1 Å². The van der Waals surface area contributed by atoms with E-state index in [4.69, 9.17) is 0 Å². The summed E-state index contributed by atoms with van der Waals surface area (Å²) < 4.78 is 0. The van der Waals surface area contributed by atoms with Crippen LogP contribution in [0.15, 0.2) is 48.6 Å². The van der Waals surface area contributed by atoms with Gasteiger partial charge in [-0.1, -0.05) is 55.5 Å². The van der Waals surface area contributed by atoms with Crippen molar-refractivity contribution in [2.75, 3.05) is 0 Å². The number of hydrogen-bond acceptors (Lipinski definition) is 4. The molecule has 0 fully saturated rings. The molecule has 0 aromatic rings. The zero-order valence-corrected chi connectivity index (χ0v) is 15.0. The Balaban J connectivity index is 3.96. The van der Waals surface area contributed by atoms with Crippen LogP contribution < -0.4 is 0 Å². The van der Waals surface area contributed by atoms with Crippen molar-refractivity contribution >= 4 is 6.29 Å². The summed E-state index contributed by atoms with van der Waals surface area (Å²) in [5.41, 5.74) is 0. The van der Waals surface area contributed by atoms with Gasteiger partial charge < -0.3 is 5.11 Å². The second-order valence-corrected chi connectivity index (χ2v) is 5.69. The van der Waals surface area contributed by atoms with Gasteiger partial charge in [-0.3, -0.25) is 14.9 Å². The molecule has 1 N–H and O–H groups in total. The third kappa shape index (κ3) is 14.1. The lowest BCUT2D eigenvalue weighted by molar-refractivity contribution is -0.535. The topological polar surface area (TPSA) is 80.4 Å². The van der Waals surface area contributed by atoms with Gasteiger partial charge in [0.05, 0.1) is 0 Å². The van der Waals surface area contributed by atoms with Crippen LogP contribution in [0.3, 0.4) is 0 Å².